The van der Waals surface area contributed by atoms with Crippen molar-refractivity contribution in [1.29, 1.82) is 0 Å². The Morgan fingerprint density at radius 2 is 1.82 bits per heavy atom. The molecule has 7 heteroatoms. The highest BCUT2D eigenvalue weighted by Gasteiger charge is 2.17. The van der Waals surface area contributed by atoms with Crippen LogP contribution < -0.4 is 5.73 Å². The van der Waals surface area contributed by atoms with E-state index >= 15 is 0 Å². The number of amides is 4. The molecule has 2 N–H and O–H groups in total. The minimum absolute atomic E-state index is 0.463. The second-order valence-corrected chi connectivity index (χ2v) is 1.79. The van der Waals surface area contributed by atoms with Gasteiger partial charge in [0.2, 0.25) is 0 Å². The molecule has 0 saturated heterocycles. The molecule has 0 rings (SSSR count). The Balaban J connectivity index is 4.24. The number of carbonyl (C=O) groups is 2. The van der Waals surface area contributed by atoms with Crippen LogP contribution in [0.3, 0.4) is 0 Å². The average Bonchev–Trinajstić information content (AvgIpc) is 2.00. The largest absolute Gasteiger partial charge is 0.351 e. The molecule has 62 valence electrons. The van der Waals surface area contributed by atoms with Crippen molar-refractivity contribution in [1.82, 2.24) is 9.91 Å². The number of primary amides is 1. The van der Waals surface area contributed by atoms with Crippen molar-refractivity contribution in [3.8, 4) is 0 Å². The van der Waals surface area contributed by atoms with E-state index in [1.165, 1.54) is 0 Å². The summed E-state index contributed by atoms with van der Waals surface area (Å²) >= 11 is 0. The molecule has 0 bridgehead atoms. The van der Waals surface area contributed by atoms with E-state index in [4.69, 9.17) is 5.73 Å². The first-order valence-electron chi connectivity index (χ1n) is 2.64. The Morgan fingerprint density at radius 1 is 1.36 bits per heavy atom. The number of hydrogen-bond donors (Lipinski definition) is 1. The molecule has 0 fully saturated rings. The van der Waals surface area contributed by atoms with E-state index in [2.05, 4.69) is 5.29 Å². The predicted octanol–water partition coefficient (Wildman–Crippen LogP) is -0.270. The van der Waals surface area contributed by atoms with Gasteiger partial charge in [0.15, 0.2) is 0 Å². The molecule has 0 aromatic heterocycles. The molecule has 0 heterocycles. The highest BCUT2D eigenvalue weighted by molar-refractivity contribution is 5.91. The summed E-state index contributed by atoms with van der Waals surface area (Å²) in [6.45, 7) is 0. The molecule has 0 aliphatic rings. The molecule has 11 heavy (non-hydrogen) atoms. The first kappa shape index (κ1) is 9.34. The standard InChI is InChI=1S/C4H8N4O3/c1-7(3(5)9)4(10)8(2)6-11/h1-2H3,(H2,5,9). The Kier molecular flexibility index (Phi) is 2.97. The third-order valence-corrected chi connectivity index (χ3v) is 1.02. The number of nitrogens with zero attached hydrogens (tertiary/aromatic N) is 3. The predicted molar refractivity (Wildman–Crippen MR) is 36.3 cm³/mol. The molecule has 0 radical (unpaired) electrons. The molecule has 0 aliphatic carbocycles. The maximum absolute atomic E-state index is 10.8. The summed E-state index contributed by atoms with van der Waals surface area (Å²) in [6.07, 6.45) is 0. The highest BCUT2D eigenvalue weighted by atomic mass is 16.3. The lowest BCUT2D eigenvalue weighted by Crippen LogP contribution is -2.42. The lowest BCUT2D eigenvalue weighted by atomic mass is 10.7. The van der Waals surface area contributed by atoms with Crippen molar-refractivity contribution in [2.75, 3.05) is 14.1 Å². The molecule has 0 aromatic rings. The van der Waals surface area contributed by atoms with Gasteiger partial charge in [-0.1, -0.05) is 0 Å². The van der Waals surface area contributed by atoms with Gasteiger partial charge in [0.25, 0.3) is 0 Å². The lowest BCUT2D eigenvalue weighted by molar-refractivity contribution is 0.174. The van der Waals surface area contributed by atoms with E-state index in [0.29, 0.717) is 9.91 Å². The van der Waals surface area contributed by atoms with Gasteiger partial charge in [0.1, 0.15) is 0 Å². The molecule has 0 spiro atoms. The average molecular weight is 160 g/mol. The highest BCUT2D eigenvalue weighted by Crippen LogP contribution is 1.92. The third kappa shape index (κ3) is 2.20. The first-order valence-corrected chi connectivity index (χ1v) is 2.64. The maximum atomic E-state index is 10.8. The van der Waals surface area contributed by atoms with Gasteiger partial charge in [-0.2, -0.15) is 5.01 Å². The van der Waals surface area contributed by atoms with Crippen LogP contribution in [0.25, 0.3) is 0 Å². The van der Waals surface area contributed by atoms with Crippen molar-refractivity contribution < 1.29 is 9.59 Å². The van der Waals surface area contributed by atoms with Crippen LogP contribution in [0.15, 0.2) is 5.29 Å². The van der Waals surface area contributed by atoms with Gasteiger partial charge in [-0.15, -0.1) is 4.91 Å². The van der Waals surface area contributed by atoms with Gasteiger partial charge in [0.05, 0.1) is 5.29 Å². The minimum Gasteiger partial charge on any atom is -0.351 e. The second-order valence-electron chi connectivity index (χ2n) is 1.79. The van der Waals surface area contributed by atoms with E-state index in [0.717, 1.165) is 14.1 Å². The van der Waals surface area contributed by atoms with E-state index in [9.17, 15) is 14.5 Å². The van der Waals surface area contributed by atoms with Crippen LogP contribution in [-0.2, 0) is 0 Å². The number of urea groups is 2. The van der Waals surface area contributed by atoms with Gasteiger partial charge in [-0.25, -0.2) is 14.5 Å². The zero-order valence-corrected chi connectivity index (χ0v) is 6.14. The van der Waals surface area contributed by atoms with Crippen LogP contribution >= 0.6 is 0 Å². The first-order chi connectivity index (χ1) is 5.00. The van der Waals surface area contributed by atoms with Crippen LogP contribution in [0, 0.1) is 4.91 Å². The van der Waals surface area contributed by atoms with Crippen LogP contribution in [0.1, 0.15) is 0 Å². The number of nitroso groups, excluding NO2 is 1. The molecule has 0 aliphatic heterocycles. The molecular weight excluding hydrogens is 152 g/mol. The van der Waals surface area contributed by atoms with E-state index < -0.39 is 12.1 Å². The van der Waals surface area contributed by atoms with Crippen molar-refractivity contribution in [3.05, 3.63) is 4.91 Å². The van der Waals surface area contributed by atoms with Crippen molar-refractivity contribution in [3.63, 3.8) is 0 Å². The summed E-state index contributed by atoms with van der Waals surface area (Å²) in [5.41, 5.74) is 4.73. The quantitative estimate of drug-likeness (QED) is 0.422. The van der Waals surface area contributed by atoms with Crippen molar-refractivity contribution in [2.24, 2.45) is 11.0 Å². The topological polar surface area (TPSA) is 96.1 Å². The van der Waals surface area contributed by atoms with Crippen LogP contribution in [-0.4, -0.2) is 36.1 Å². The molecular formula is C4H8N4O3. The van der Waals surface area contributed by atoms with Crippen molar-refractivity contribution in [2.45, 2.75) is 0 Å². The third-order valence-electron chi connectivity index (χ3n) is 1.02. The SMILES string of the molecule is CN(N=O)C(=O)N(C)C(N)=O. The molecule has 0 saturated carbocycles. The summed E-state index contributed by atoms with van der Waals surface area (Å²) < 4.78 is 0. The van der Waals surface area contributed by atoms with E-state index in [1.807, 2.05) is 0 Å². The number of nitrogens with two attached hydrogens (primary N) is 1. The molecule has 0 unspecified atom stereocenters. The fourth-order valence-electron chi connectivity index (χ4n) is 0.346. The smallest absolute Gasteiger partial charge is 0.350 e. The maximum Gasteiger partial charge on any atom is 0.350 e. The van der Waals surface area contributed by atoms with Gasteiger partial charge >= 0.3 is 12.1 Å². The Labute approximate surface area is 62.7 Å². The summed E-state index contributed by atoms with van der Waals surface area (Å²) in [5.74, 6) is 0. The minimum atomic E-state index is -0.939. The molecule has 7 nitrogen and oxygen atoms in total. The van der Waals surface area contributed by atoms with Crippen LogP contribution in [0.2, 0.25) is 0 Å². The lowest BCUT2D eigenvalue weighted by Gasteiger charge is -2.14. The zero-order valence-electron chi connectivity index (χ0n) is 6.14. The summed E-state index contributed by atoms with van der Waals surface area (Å²) in [5, 5.41) is 2.74. The fraction of sp³-hybridized carbons (Fsp3) is 0.500. The number of hydrogen-bond acceptors (Lipinski definition) is 4. The molecule has 0 aromatic carbocycles. The van der Waals surface area contributed by atoms with Crippen LogP contribution in [0.5, 0.6) is 0 Å². The normalized spacial score (nSPS) is 8.55. The number of imide groups is 1. The molecule has 4 amide bonds. The Morgan fingerprint density at radius 3 is 2.09 bits per heavy atom. The Bertz CT molecular complexity index is 192. The fourth-order valence-corrected chi connectivity index (χ4v) is 0.346. The van der Waals surface area contributed by atoms with E-state index in [-0.39, 0.29) is 0 Å². The zero-order chi connectivity index (χ0) is 9.02. The van der Waals surface area contributed by atoms with E-state index in [1.54, 1.807) is 0 Å². The van der Waals surface area contributed by atoms with Gasteiger partial charge in [-0.05, 0) is 0 Å². The second kappa shape index (κ2) is 3.49. The summed E-state index contributed by atoms with van der Waals surface area (Å²) in [7, 11) is 2.26. The number of carbonyl (C=O) groups excluding carboxylic acids is 2. The summed E-state index contributed by atoms with van der Waals surface area (Å²) in [6, 6.07) is -1.81. The van der Waals surface area contributed by atoms with Gasteiger partial charge < -0.3 is 5.73 Å². The van der Waals surface area contributed by atoms with Gasteiger partial charge in [0, 0.05) is 14.1 Å². The van der Waals surface area contributed by atoms with Gasteiger partial charge in [-0.3, -0.25) is 0 Å². The summed E-state index contributed by atoms with van der Waals surface area (Å²) in [4.78, 5) is 31.4. The van der Waals surface area contributed by atoms with Crippen LogP contribution in [0.4, 0.5) is 9.59 Å². The Hall–Kier alpha value is -1.66. The number of rotatable bonds is 1. The monoisotopic (exact) mass is 160 g/mol. The molecule has 0 atom stereocenters. The van der Waals surface area contributed by atoms with Crippen molar-refractivity contribution >= 4 is 12.1 Å².